The monoisotopic (exact) mass is 213 g/mol. The van der Waals surface area contributed by atoms with Gasteiger partial charge in [-0.05, 0) is 12.0 Å². The third kappa shape index (κ3) is 2.64. The van der Waals surface area contributed by atoms with Gasteiger partial charge in [0.1, 0.15) is 4.87 Å². The molecule has 0 heterocycles. The third-order valence-corrected chi connectivity index (χ3v) is 3.42. The van der Waals surface area contributed by atoms with Crippen molar-refractivity contribution in [1.29, 1.82) is 0 Å². The zero-order chi connectivity index (χ0) is 10.6. The van der Waals surface area contributed by atoms with Crippen molar-refractivity contribution in [2.75, 3.05) is 0 Å². The van der Waals surface area contributed by atoms with E-state index in [4.69, 9.17) is 10.3 Å². The van der Waals surface area contributed by atoms with E-state index in [0.29, 0.717) is 12.8 Å². The lowest BCUT2D eigenvalue weighted by Gasteiger charge is -2.23. The summed E-state index contributed by atoms with van der Waals surface area (Å²) in [7, 11) is 0. The molecule has 0 aliphatic carbocycles. The Kier molecular flexibility index (Phi) is 3.80. The molecule has 78 valence electrons. The van der Waals surface area contributed by atoms with E-state index >= 15 is 0 Å². The van der Waals surface area contributed by atoms with E-state index in [0.717, 1.165) is 5.56 Å². The van der Waals surface area contributed by atoms with Crippen LogP contribution in [-0.4, -0.2) is 13.6 Å². The van der Waals surface area contributed by atoms with E-state index in [1.165, 1.54) is 0 Å². The molecule has 0 amide bonds. The maximum atomic E-state index is 11.0. The van der Waals surface area contributed by atoms with Gasteiger partial charge in [0.2, 0.25) is 0 Å². The smallest absolute Gasteiger partial charge is 0.173 e. The molecule has 1 aromatic carbocycles. The van der Waals surface area contributed by atoms with Crippen LogP contribution in [0.25, 0.3) is 0 Å². The van der Waals surface area contributed by atoms with Gasteiger partial charge < -0.3 is 10.3 Å². The van der Waals surface area contributed by atoms with Crippen molar-refractivity contribution in [2.45, 2.75) is 24.6 Å². The molecule has 3 nitrogen and oxygen atoms in total. The van der Waals surface area contributed by atoms with Crippen molar-refractivity contribution in [3.63, 3.8) is 0 Å². The van der Waals surface area contributed by atoms with Gasteiger partial charge in [0, 0.05) is 6.42 Å². The highest BCUT2D eigenvalue weighted by Gasteiger charge is 2.29. The van der Waals surface area contributed by atoms with Crippen LogP contribution in [0, 0.1) is 0 Å². The second-order valence-electron chi connectivity index (χ2n) is 3.33. The molecule has 1 rings (SSSR count). The highest BCUT2D eigenvalue weighted by Crippen LogP contribution is 2.17. The quantitative estimate of drug-likeness (QED) is 0.745. The van der Waals surface area contributed by atoms with E-state index in [-0.39, 0.29) is 0 Å². The van der Waals surface area contributed by atoms with Gasteiger partial charge in [0.05, 0.1) is 0 Å². The lowest BCUT2D eigenvalue weighted by molar-refractivity contribution is 0.477. The number of rotatable bonds is 4. The van der Waals surface area contributed by atoms with E-state index in [1.54, 1.807) is 0 Å². The zero-order valence-electron chi connectivity index (χ0n) is 8.14. The fraction of sp³-hybridized carbons (Fsp3) is 0.400. The second-order valence-corrected chi connectivity index (χ2v) is 4.64. The summed E-state index contributed by atoms with van der Waals surface area (Å²) >= 11 is -1.99. The molecule has 1 aromatic rings. The molecule has 0 bridgehead atoms. The fourth-order valence-electron chi connectivity index (χ4n) is 1.25. The highest BCUT2D eigenvalue weighted by molar-refractivity contribution is 7.80. The van der Waals surface area contributed by atoms with Crippen LogP contribution in [0.4, 0.5) is 0 Å². The summed E-state index contributed by atoms with van der Waals surface area (Å²) in [6.45, 7) is 1.82. The molecule has 3 N–H and O–H groups in total. The van der Waals surface area contributed by atoms with Crippen molar-refractivity contribution < 1.29 is 8.76 Å². The number of hydrogen-bond acceptors (Lipinski definition) is 2. The maximum absolute atomic E-state index is 11.0. The number of benzene rings is 1. The number of hydrogen-bond donors (Lipinski definition) is 2. The largest absolute Gasteiger partial charge is 0.312 e. The molecule has 4 heteroatoms. The molecular formula is C10H15NO2S. The molecule has 2 unspecified atom stereocenters. The normalized spacial score (nSPS) is 17.4. The minimum atomic E-state index is -1.99. The van der Waals surface area contributed by atoms with E-state index in [9.17, 15) is 4.21 Å². The Hall–Kier alpha value is -0.710. The van der Waals surface area contributed by atoms with E-state index in [1.807, 2.05) is 37.3 Å². The van der Waals surface area contributed by atoms with Crippen LogP contribution in [0.2, 0.25) is 0 Å². The van der Waals surface area contributed by atoms with E-state index < -0.39 is 16.0 Å². The number of nitrogens with two attached hydrogens (primary N) is 1. The molecular weight excluding hydrogens is 198 g/mol. The van der Waals surface area contributed by atoms with Crippen LogP contribution in [0.3, 0.4) is 0 Å². The minimum Gasteiger partial charge on any atom is -0.312 e. The molecule has 0 saturated heterocycles. The molecule has 0 saturated carbocycles. The Morgan fingerprint density at radius 3 is 2.43 bits per heavy atom. The molecule has 0 spiro atoms. The van der Waals surface area contributed by atoms with Gasteiger partial charge in [-0.1, -0.05) is 37.3 Å². The van der Waals surface area contributed by atoms with Crippen molar-refractivity contribution in [1.82, 2.24) is 0 Å². The van der Waals surface area contributed by atoms with Gasteiger partial charge in [-0.2, -0.15) is 0 Å². The van der Waals surface area contributed by atoms with Gasteiger partial charge >= 0.3 is 0 Å². The van der Waals surface area contributed by atoms with Gasteiger partial charge in [-0.3, -0.25) is 0 Å². The summed E-state index contributed by atoms with van der Waals surface area (Å²) in [5.74, 6) is 0. The maximum Gasteiger partial charge on any atom is 0.173 e. The fourth-order valence-corrected chi connectivity index (χ4v) is 1.79. The lowest BCUT2D eigenvalue weighted by Crippen LogP contribution is -2.45. The van der Waals surface area contributed by atoms with Crippen LogP contribution < -0.4 is 5.73 Å². The Balaban J connectivity index is 2.81. The van der Waals surface area contributed by atoms with Crippen molar-refractivity contribution >= 4 is 11.1 Å². The predicted octanol–water partition coefficient (Wildman–Crippen LogP) is 1.52. The average Bonchev–Trinajstić information content (AvgIpc) is 2.19. The Bertz CT molecular complexity index is 315. The minimum absolute atomic E-state index is 0.424. The summed E-state index contributed by atoms with van der Waals surface area (Å²) in [5, 5.41) is 0. The van der Waals surface area contributed by atoms with Gasteiger partial charge in [-0.25, -0.2) is 4.21 Å². The average molecular weight is 213 g/mol. The van der Waals surface area contributed by atoms with Gasteiger partial charge in [0.25, 0.3) is 0 Å². The van der Waals surface area contributed by atoms with Crippen LogP contribution in [0.15, 0.2) is 30.3 Å². The standard InChI is InChI=1S/C10H15NO2S/c1-2-10(11,14(12)13)8-9-6-4-3-5-7-9/h3-7H,2,8,11H2,1H3,(H,12,13). The van der Waals surface area contributed by atoms with Crippen molar-refractivity contribution in [3.05, 3.63) is 35.9 Å². The zero-order valence-corrected chi connectivity index (χ0v) is 8.96. The SMILES string of the molecule is CCC(N)(Cc1ccccc1)S(=O)O. The summed E-state index contributed by atoms with van der Waals surface area (Å²) in [6.07, 6.45) is 0.901. The first-order valence-electron chi connectivity index (χ1n) is 4.52. The van der Waals surface area contributed by atoms with Gasteiger partial charge in [-0.15, -0.1) is 0 Å². The summed E-state index contributed by atoms with van der Waals surface area (Å²) < 4.78 is 20.1. The second kappa shape index (κ2) is 4.68. The Labute approximate surface area is 86.6 Å². The predicted molar refractivity (Wildman–Crippen MR) is 58.1 cm³/mol. The lowest BCUT2D eigenvalue weighted by atomic mass is 10.0. The molecule has 2 atom stereocenters. The topological polar surface area (TPSA) is 63.3 Å². The van der Waals surface area contributed by atoms with Crippen LogP contribution >= 0.6 is 0 Å². The third-order valence-electron chi connectivity index (χ3n) is 2.29. The molecule has 14 heavy (non-hydrogen) atoms. The molecule has 0 aromatic heterocycles. The summed E-state index contributed by atoms with van der Waals surface area (Å²) in [6, 6.07) is 9.51. The van der Waals surface area contributed by atoms with Crippen LogP contribution in [0.1, 0.15) is 18.9 Å². The van der Waals surface area contributed by atoms with Crippen LogP contribution in [0.5, 0.6) is 0 Å². The Morgan fingerprint density at radius 2 is 2.00 bits per heavy atom. The highest BCUT2D eigenvalue weighted by atomic mass is 32.2. The summed E-state index contributed by atoms with van der Waals surface area (Å²) in [5.41, 5.74) is 6.81. The first kappa shape index (κ1) is 11.4. The van der Waals surface area contributed by atoms with Gasteiger partial charge in [0.15, 0.2) is 11.1 Å². The summed E-state index contributed by atoms with van der Waals surface area (Å²) in [4.78, 5) is -1.03. The molecule has 0 radical (unpaired) electrons. The van der Waals surface area contributed by atoms with Crippen molar-refractivity contribution in [2.24, 2.45) is 5.73 Å². The molecule has 0 fully saturated rings. The first-order valence-corrected chi connectivity index (χ1v) is 5.63. The van der Waals surface area contributed by atoms with E-state index in [2.05, 4.69) is 0 Å². The molecule has 0 aliphatic heterocycles. The van der Waals surface area contributed by atoms with Crippen LogP contribution in [-0.2, 0) is 17.5 Å². The first-order chi connectivity index (χ1) is 6.58. The molecule has 0 aliphatic rings. The Morgan fingerprint density at radius 1 is 1.43 bits per heavy atom. The van der Waals surface area contributed by atoms with Crippen molar-refractivity contribution in [3.8, 4) is 0 Å².